The molecule has 108 valence electrons. The van der Waals surface area contributed by atoms with Crippen LogP contribution in [-0.2, 0) is 4.74 Å². The van der Waals surface area contributed by atoms with Crippen molar-refractivity contribution in [3.05, 3.63) is 4.88 Å². The van der Waals surface area contributed by atoms with Crippen LogP contribution in [0.2, 0.25) is 0 Å². The molecular formula is C13H22N2O3S. The van der Waals surface area contributed by atoms with E-state index in [2.05, 4.69) is 6.92 Å². The topological polar surface area (TPSA) is 64.8 Å². The fraction of sp³-hybridized carbons (Fsp3) is 0.615. The summed E-state index contributed by atoms with van der Waals surface area (Å²) in [5.74, 6) is 0.156. The summed E-state index contributed by atoms with van der Waals surface area (Å²) in [5.41, 5.74) is 6.39. The maximum atomic E-state index is 11.7. The monoisotopic (exact) mass is 286 g/mol. The second-order valence-corrected chi connectivity index (χ2v) is 5.56. The Hall–Kier alpha value is -1.43. The Morgan fingerprint density at radius 3 is 2.58 bits per heavy atom. The van der Waals surface area contributed by atoms with Crippen molar-refractivity contribution >= 4 is 28.0 Å². The second kappa shape index (κ2) is 6.65. The summed E-state index contributed by atoms with van der Waals surface area (Å²) in [5, 5.41) is 0.869. The van der Waals surface area contributed by atoms with E-state index in [4.69, 9.17) is 15.2 Å². The molecule has 5 nitrogen and oxygen atoms in total. The Morgan fingerprint density at radius 2 is 2.11 bits per heavy atom. The van der Waals surface area contributed by atoms with E-state index in [1.807, 2.05) is 25.8 Å². The van der Waals surface area contributed by atoms with E-state index in [-0.39, 0.29) is 6.10 Å². The van der Waals surface area contributed by atoms with Crippen LogP contribution >= 0.6 is 11.3 Å². The molecule has 0 aliphatic rings. The van der Waals surface area contributed by atoms with E-state index in [9.17, 15) is 4.79 Å². The lowest BCUT2D eigenvalue weighted by atomic mass is 10.3. The molecule has 0 aliphatic carbocycles. The molecule has 0 saturated carbocycles. The molecule has 0 atom stereocenters. The first kappa shape index (κ1) is 15.6. The number of nitrogen functional groups attached to an aromatic ring is 1. The van der Waals surface area contributed by atoms with Crippen LogP contribution in [0, 0.1) is 0 Å². The minimum atomic E-state index is -0.424. The number of nitrogens with two attached hydrogens (primary N) is 1. The van der Waals surface area contributed by atoms with E-state index in [1.165, 1.54) is 18.4 Å². The van der Waals surface area contributed by atoms with Crippen LogP contribution in [0.15, 0.2) is 0 Å². The Balaban J connectivity index is 3.22. The van der Waals surface area contributed by atoms with Crippen molar-refractivity contribution in [2.75, 3.05) is 31.3 Å². The van der Waals surface area contributed by atoms with Gasteiger partial charge in [-0.15, -0.1) is 11.3 Å². The number of carbonyl (C=O) groups is 1. The summed E-state index contributed by atoms with van der Waals surface area (Å²) in [4.78, 5) is 14.1. The minimum absolute atomic E-state index is 0.00354. The fourth-order valence-corrected chi connectivity index (χ4v) is 2.76. The van der Waals surface area contributed by atoms with E-state index in [1.54, 1.807) is 0 Å². The highest BCUT2D eigenvalue weighted by Crippen LogP contribution is 2.45. The Bertz CT molecular complexity index is 443. The Labute approximate surface area is 118 Å². The van der Waals surface area contributed by atoms with Gasteiger partial charge < -0.3 is 20.1 Å². The summed E-state index contributed by atoms with van der Waals surface area (Å²) >= 11 is 1.31. The van der Waals surface area contributed by atoms with Crippen molar-refractivity contribution in [1.29, 1.82) is 0 Å². The molecule has 1 heterocycles. The molecule has 0 fully saturated rings. The Kier molecular flexibility index (Phi) is 5.47. The number of nitrogens with zero attached hydrogens (tertiary/aromatic N) is 1. The molecule has 0 saturated heterocycles. The number of anilines is 2. The van der Waals surface area contributed by atoms with Crippen molar-refractivity contribution < 1.29 is 14.3 Å². The average Bonchev–Trinajstić information content (AvgIpc) is 2.66. The molecule has 6 heteroatoms. The summed E-state index contributed by atoms with van der Waals surface area (Å²) in [6.07, 6.45) is 0.999. The Morgan fingerprint density at radius 1 is 1.47 bits per heavy atom. The highest BCUT2D eigenvalue weighted by atomic mass is 32.1. The SMILES string of the molecule is CCCN(C)c1sc(C(=O)OC)c(N)c1OC(C)C. The van der Waals surface area contributed by atoms with E-state index in [0.29, 0.717) is 16.3 Å². The third-order valence-corrected chi connectivity index (χ3v) is 3.79. The van der Waals surface area contributed by atoms with Gasteiger partial charge in [0.2, 0.25) is 0 Å². The molecule has 0 unspecified atom stereocenters. The van der Waals surface area contributed by atoms with E-state index in [0.717, 1.165) is 18.0 Å². The number of ether oxygens (including phenoxy) is 2. The smallest absolute Gasteiger partial charge is 0.350 e. The van der Waals surface area contributed by atoms with Crippen molar-refractivity contribution in [2.24, 2.45) is 0 Å². The number of esters is 1. The first-order chi connectivity index (χ1) is 8.92. The predicted octanol–water partition coefficient (Wildman–Crippen LogP) is 2.75. The van der Waals surface area contributed by atoms with Gasteiger partial charge in [0.1, 0.15) is 15.6 Å². The van der Waals surface area contributed by atoms with Crippen LogP contribution in [0.5, 0.6) is 5.75 Å². The molecule has 0 spiro atoms. The molecule has 2 N–H and O–H groups in total. The van der Waals surface area contributed by atoms with Gasteiger partial charge in [-0.25, -0.2) is 4.79 Å². The molecule has 0 bridgehead atoms. The first-order valence-electron chi connectivity index (χ1n) is 6.30. The number of hydrogen-bond acceptors (Lipinski definition) is 6. The molecule has 1 aromatic rings. The zero-order chi connectivity index (χ0) is 14.6. The third-order valence-electron chi connectivity index (χ3n) is 2.51. The van der Waals surface area contributed by atoms with Crippen molar-refractivity contribution in [3.63, 3.8) is 0 Å². The molecule has 0 amide bonds. The summed E-state index contributed by atoms with van der Waals surface area (Å²) < 4.78 is 10.5. The van der Waals surface area contributed by atoms with Crippen LogP contribution < -0.4 is 15.4 Å². The standard InChI is InChI=1S/C13H22N2O3S/c1-6-7-15(4)12-10(18-8(2)3)9(14)11(19-12)13(16)17-5/h8H,6-7,14H2,1-5H3. The summed E-state index contributed by atoms with van der Waals surface area (Å²) in [6, 6.07) is 0. The van der Waals surface area contributed by atoms with Crippen LogP contribution in [0.1, 0.15) is 36.9 Å². The van der Waals surface area contributed by atoms with Crippen molar-refractivity contribution in [1.82, 2.24) is 0 Å². The maximum Gasteiger partial charge on any atom is 0.350 e. The molecule has 0 radical (unpaired) electrons. The summed E-state index contributed by atoms with van der Waals surface area (Å²) in [7, 11) is 3.31. The zero-order valence-electron chi connectivity index (χ0n) is 12.1. The van der Waals surface area contributed by atoms with Gasteiger partial charge in [0, 0.05) is 13.6 Å². The number of thiophene rings is 1. The van der Waals surface area contributed by atoms with Gasteiger partial charge in [0.05, 0.1) is 13.2 Å². The van der Waals surface area contributed by atoms with Gasteiger partial charge in [0.15, 0.2) is 5.75 Å². The van der Waals surface area contributed by atoms with Crippen LogP contribution in [0.4, 0.5) is 10.7 Å². The van der Waals surface area contributed by atoms with E-state index >= 15 is 0 Å². The van der Waals surface area contributed by atoms with Gasteiger partial charge in [-0.05, 0) is 20.3 Å². The van der Waals surface area contributed by atoms with Gasteiger partial charge in [-0.3, -0.25) is 0 Å². The summed E-state index contributed by atoms with van der Waals surface area (Å²) in [6.45, 7) is 6.82. The molecule has 1 rings (SSSR count). The predicted molar refractivity (Wildman–Crippen MR) is 79.4 cm³/mol. The molecule has 0 aromatic carbocycles. The lowest BCUT2D eigenvalue weighted by Gasteiger charge is -2.19. The van der Waals surface area contributed by atoms with Gasteiger partial charge in [0.25, 0.3) is 0 Å². The van der Waals surface area contributed by atoms with Crippen molar-refractivity contribution in [2.45, 2.75) is 33.3 Å². The van der Waals surface area contributed by atoms with Gasteiger partial charge >= 0.3 is 5.97 Å². The largest absolute Gasteiger partial charge is 0.486 e. The molecule has 19 heavy (non-hydrogen) atoms. The van der Waals surface area contributed by atoms with Crippen LogP contribution in [-0.4, -0.2) is 32.8 Å². The van der Waals surface area contributed by atoms with Crippen LogP contribution in [0.3, 0.4) is 0 Å². The highest BCUT2D eigenvalue weighted by molar-refractivity contribution is 7.19. The normalized spacial score (nSPS) is 10.6. The van der Waals surface area contributed by atoms with Crippen molar-refractivity contribution in [3.8, 4) is 5.75 Å². The quantitative estimate of drug-likeness (QED) is 0.815. The highest BCUT2D eigenvalue weighted by Gasteiger charge is 2.25. The average molecular weight is 286 g/mol. The van der Waals surface area contributed by atoms with Crippen LogP contribution in [0.25, 0.3) is 0 Å². The number of carbonyl (C=O) groups excluding carboxylic acids is 1. The fourth-order valence-electron chi connectivity index (χ4n) is 1.70. The lowest BCUT2D eigenvalue weighted by Crippen LogP contribution is -2.18. The maximum absolute atomic E-state index is 11.7. The van der Waals surface area contributed by atoms with Gasteiger partial charge in [-0.2, -0.15) is 0 Å². The minimum Gasteiger partial charge on any atom is -0.486 e. The number of hydrogen-bond donors (Lipinski definition) is 1. The van der Waals surface area contributed by atoms with Gasteiger partial charge in [-0.1, -0.05) is 6.92 Å². The lowest BCUT2D eigenvalue weighted by molar-refractivity contribution is 0.0607. The molecule has 0 aliphatic heterocycles. The first-order valence-corrected chi connectivity index (χ1v) is 7.12. The van der Waals surface area contributed by atoms with E-state index < -0.39 is 5.97 Å². The number of rotatable bonds is 6. The zero-order valence-corrected chi connectivity index (χ0v) is 13.0. The second-order valence-electron chi connectivity index (χ2n) is 4.56. The molecular weight excluding hydrogens is 264 g/mol. The third kappa shape index (κ3) is 3.53. The molecule has 1 aromatic heterocycles. The number of methoxy groups -OCH3 is 1.